The van der Waals surface area contributed by atoms with Crippen molar-refractivity contribution in [1.82, 2.24) is 0 Å². The van der Waals surface area contributed by atoms with Crippen LogP contribution in [0.15, 0.2) is 0 Å². The Morgan fingerprint density at radius 3 is 1.00 bits per heavy atom. The number of rotatable bonds is 0. The molecule has 5 heavy (non-hydrogen) atoms. The molecule has 0 fully saturated rings. The normalized spacial score (nSPS) is 7.20. The zero-order chi connectivity index (χ0) is 3.58. The van der Waals surface area contributed by atoms with Crippen molar-refractivity contribution in [3.8, 4) is 0 Å². The van der Waals surface area contributed by atoms with E-state index in [9.17, 15) is 0 Å². The molecule has 0 aromatic carbocycles. The summed E-state index contributed by atoms with van der Waals surface area (Å²) in [6.07, 6.45) is 0. The molecule has 0 aliphatic heterocycles. The van der Waals surface area contributed by atoms with E-state index in [0.29, 0.717) is 0 Å². The summed E-state index contributed by atoms with van der Waals surface area (Å²) in [6.45, 7) is 0. The smallest absolute Gasteiger partial charge is 0.357 e. The predicted molar refractivity (Wildman–Crippen MR) is 5.75 cm³/mol. The van der Waals surface area contributed by atoms with Gasteiger partial charge in [-0.2, -0.15) is 0 Å². The average molecular weight is 108 g/mol. The van der Waals surface area contributed by atoms with Gasteiger partial charge in [-0.3, -0.25) is 0 Å². The molecule has 0 saturated heterocycles. The first-order valence-electron chi connectivity index (χ1n) is 0.463. The molecule has 0 aromatic heterocycles. The standard InChI is InChI=1S/ClO3.Mg/c2-1(3)4;/q-1;+2. The molecule has 0 rings (SSSR count). The van der Waals surface area contributed by atoms with Gasteiger partial charge in [-0.15, -0.1) is 0 Å². The first-order valence-corrected chi connectivity index (χ1v) is 1.39. The predicted octanol–water partition coefficient (Wildman–Crippen LogP) is -3.95. The van der Waals surface area contributed by atoms with Crippen molar-refractivity contribution >= 4 is 23.1 Å². The summed E-state index contributed by atoms with van der Waals surface area (Å²) in [7, 11) is -2.85. The van der Waals surface area contributed by atoms with Crippen molar-refractivity contribution in [2.45, 2.75) is 0 Å². The van der Waals surface area contributed by atoms with E-state index in [4.69, 9.17) is 14.0 Å². The molecule has 0 spiro atoms. The van der Waals surface area contributed by atoms with Crippen molar-refractivity contribution in [2.24, 2.45) is 0 Å². The number of hydrogen-bond donors (Lipinski definition) is 0. The molecule has 0 aromatic rings. The van der Waals surface area contributed by atoms with Crippen molar-refractivity contribution in [3.63, 3.8) is 0 Å². The molecule has 5 heteroatoms. The minimum Gasteiger partial charge on any atom is -0.357 e. The van der Waals surface area contributed by atoms with Gasteiger partial charge in [-0.25, -0.2) is 0 Å². The molecule has 26 valence electrons. The summed E-state index contributed by atoms with van der Waals surface area (Å²) < 4.78 is 25.2. The molecule has 0 saturated carbocycles. The summed E-state index contributed by atoms with van der Waals surface area (Å²) in [5, 5.41) is 0. The van der Waals surface area contributed by atoms with Crippen molar-refractivity contribution in [2.75, 3.05) is 0 Å². The van der Waals surface area contributed by atoms with Gasteiger partial charge in [0.05, 0.1) is 10.8 Å². The second-order valence-corrected chi connectivity index (χ2v) is 0.567. The number of halogens is 1. The average Bonchev–Trinajstić information content (AvgIpc) is 0.811. The van der Waals surface area contributed by atoms with E-state index in [1.54, 1.807) is 0 Å². The van der Waals surface area contributed by atoms with E-state index in [2.05, 4.69) is 0 Å². The van der Waals surface area contributed by atoms with Gasteiger partial charge in [-0.05, 0) is 0 Å². The van der Waals surface area contributed by atoms with Gasteiger partial charge in [0.15, 0.2) is 0 Å². The fourth-order valence-electron chi connectivity index (χ4n) is 0. The maximum Gasteiger partial charge on any atom is 2.00 e. The van der Waals surface area contributed by atoms with Gasteiger partial charge < -0.3 is 14.0 Å². The fraction of sp³-hybridized carbons (Fsp3) is 0. The van der Waals surface area contributed by atoms with Gasteiger partial charge in [0.2, 0.25) is 0 Å². The molecule has 0 radical (unpaired) electrons. The van der Waals surface area contributed by atoms with Crippen LogP contribution in [0.5, 0.6) is 0 Å². The van der Waals surface area contributed by atoms with E-state index < -0.39 is 10.8 Å². The van der Waals surface area contributed by atoms with Gasteiger partial charge >= 0.3 is 23.1 Å². The van der Waals surface area contributed by atoms with Crippen LogP contribution in [0, 0.1) is 10.8 Å². The van der Waals surface area contributed by atoms with E-state index in [1.807, 2.05) is 0 Å². The third-order valence-electron chi connectivity index (χ3n) is 0. The first kappa shape index (κ1) is 9.34. The molecule has 0 N–H and O–H groups in total. The van der Waals surface area contributed by atoms with Gasteiger partial charge in [-0.1, -0.05) is 0 Å². The molecular formula is ClMgO3+. The van der Waals surface area contributed by atoms with Crippen molar-refractivity contribution < 1.29 is 24.8 Å². The minimum atomic E-state index is -2.85. The van der Waals surface area contributed by atoms with Gasteiger partial charge in [0, 0.05) is 0 Å². The van der Waals surface area contributed by atoms with Crippen LogP contribution in [-0.4, -0.2) is 23.1 Å². The zero-order valence-corrected chi connectivity index (χ0v) is 4.48. The van der Waals surface area contributed by atoms with Gasteiger partial charge in [0.25, 0.3) is 0 Å². The third-order valence-corrected chi connectivity index (χ3v) is 0. The second-order valence-electron chi connectivity index (χ2n) is 0.189. The van der Waals surface area contributed by atoms with Crippen LogP contribution in [0.25, 0.3) is 0 Å². The number of hydrogen-bond acceptors (Lipinski definition) is 3. The fourth-order valence-corrected chi connectivity index (χ4v) is 0. The largest absolute Gasteiger partial charge is 2.00 e. The summed E-state index contributed by atoms with van der Waals surface area (Å²) in [6, 6.07) is 0. The summed E-state index contributed by atoms with van der Waals surface area (Å²) in [5.41, 5.74) is 0. The molecule has 0 unspecified atom stereocenters. The van der Waals surface area contributed by atoms with Crippen molar-refractivity contribution in [3.05, 3.63) is 0 Å². The maximum absolute atomic E-state index is 8.41. The molecule has 0 aliphatic rings. The molecular weight excluding hydrogens is 108 g/mol. The SMILES string of the molecule is [Mg+2].[O-][Cl+2]([O-])[O-]. The monoisotopic (exact) mass is 107 g/mol. The molecule has 0 atom stereocenters. The Kier molecular flexibility index (Phi) is 9.22. The van der Waals surface area contributed by atoms with Crippen LogP contribution < -0.4 is 14.0 Å². The van der Waals surface area contributed by atoms with Crippen LogP contribution >= 0.6 is 0 Å². The first-order chi connectivity index (χ1) is 1.73. The van der Waals surface area contributed by atoms with Crippen LogP contribution in [0.4, 0.5) is 0 Å². The van der Waals surface area contributed by atoms with Gasteiger partial charge in [0.1, 0.15) is 0 Å². The van der Waals surface area contributed by atoms with E-state index in [0.717, 1.165) is 0 Å². The molecule has 0 bridgehead atoms. The summed E-state index contributed by atoms with van der Waals surface area (Å²) in [5.74, 6) is 0. The van der Waals surface area contributed by atoms with Crippen LogP contribution in [-0.2, 0) is 0 Å². The Morgan fingerprint density at radius 2 is 1.00 bits per heavy atom. The second kappa shape index (κ2) is 4.94. The van der Waals surface area contributed by atoms with E-state index in [-0.39, 0.29) is 23.1 Å². The Morgan fingerprint density at radius 1 is 1.00 bits per heavy atom. The zero-order valence-electron chi connectivity index (χ0n) is 2.31. The van der Waals surface area contributed by atoms with Crippen LogP contribution in [0.2, 0.25) is 0 Å². The Bertz CT molecular complexity index is 11.6. The quantitative estimate of drug-likeness (QED) is 0.297. The van der Waals surface area contributed by atoms with E-state index in [1.165, 1.54) is 0 Å². The third kappa shape index (κ3) is 48.6. The van der Waals surface area contributed by atoms with Crippen LogP contribution in [0.3, 0.4) is 0 Å². The molecule has 0 aliphatic carbocycles. The minimum absolute atomic E-state index is 0. The Hall–Kier alpha value is 0.936. The van der Waals surface area contributed by atoms with E-state index >= 15 is 0 Å². The van der Waals surface area contributed by atoms with Crippen LogP contribution in [0.1, 0.15) is 0 Å². The molecule has 0 amide bonds. The summed E-state index contributed by atoms with van der Waals surface area (Å²) in [4.78, 5) is 0. The Balaban J connectivity index is 0. The maximum atomic E-state index is 8.41. The van der Waals surface area contributed by atoms with Crippen molar-refractivity contribution in [1.29, 1.82) is 0 Å². The molecule has 3 nitrogen and oxygen atoms in total. The molecule has 0 heterocycles. The topological polar surface area (TPSA) is 69.2 Å². The Labute approximate surface area is 48.2 Å². The summed E-state index contributed by atoms with van der Waals surface area (Å²) >= 11 is 0.